The number of hydrogen-bond acceptors (Lipinski definition) is 2. The van der Waals surface area contributed by atoms with Crippen LogP contribution in [-0.4, -0.2) is 35.7 Å². The van der Waals surface area contributed by atoms with E-state index in [1.54, 1.807) is 0 Å². The highest BCUT2D eigenvalue weighted by Gasteiger charge is 1.99. The van der Waals surface area contributed by atoms with Crippen molar-refractivity contribution in [3.8, 4) is 0 Å². The molecule has 0 aliphatic carbocycles. The van der Waals surface area contributed by atoms with E-state index in [4.69, 9.17) is 5.11 Å². The summed E-state index contributed by atoms with van der Waals surface area (Å²) in [6, 6.07) is 0. The molecule has 0 spiro atoms. The second-order valence-electron chi connectivity index (χ2n) is 4.61. The van der Waals surface area contributed by atoms with Crippen LogP contribution in [0.4, 0.5) is 0 Å². The van der Waals surface area contributed by atoms with Gasteiger partial charge in [0.05, 0.1) is 6.10 Å². The Morgan fingerprint density at radius 2 is 1.94 bits per heavy atom. The molecule has 0 amide bonds. The Morgan fingerprint density at radius 3 is 2.44 bits per heavy atom. The van der Waals surface area contributed by atoms with Crippen LogP contribution in [0.25, 0.3) is 0 Å². The van der Waals surface area contributed by atoms with Gasteiger partial charge in [-0.05, 0) is 59.2 Å². The molecule has 0 aliphatic heterocycles. The van der Waals surface area contributed by atoms with Crippen molar-refractivity contribution < 1.29 is 5.11 Å². The fourth-order valence-corrected chi connectivity index (χ4v) is 1.79. The van der Waals surface area contributed by atoms with E-state index in [-0.39, 0.29) is 6.10 Å². The van der Waals surface area contributed by atoms with Gasteiger partial charge in [0.1, 0.15) is 0 Å². The van der Waals surface area contributed by atoms with Crippen molar-refractivity contribution in [2.45, 2.75) is 59.5 Å². The van der Waals surface area contributed by atoms with Crippen LogP contribution in [0.2, 0.25) is 0 Å². The van der Waals surface area contributed by atoms with E-state index in [1.165, 1.54) is 25.0 Å². The topological polar surface area (TPSA) is 23.5 Å². The van der Waals surface area contributed by atoms with E-state index in [9.17, 15) is 0 Å². The minimum atomic E-state index is -0.167. The molecule has 0 saturated heterocycles. The van der Waals surface area contributed by atoms with E-state index in [0.29, 0.717) is 0 Å². The number of nitrogens with zero attached hydrogens (tertiary/aromatic N) is 1. The molecule has 0 aromatic rings. The normalized spacial score (nSPS) is 14.5. The van der Waals surface area contributed by atoms with E-state index >= 15 is 0 Å². The highest BCUT2D eigenvalue weighted by atomic mass is 16.3. The first kappa shape index (κ1) is 15.7. The second-order valence-corrected chi connectivity index (χ2v) is 4.61. The zero-order valence-corrected chi connectivity index (χ0v) is 11.5. The predicted molar refractivity (Wildman–Crippen MR) is 71.7 cm³/mol. The van der Waals surface area contributed by atoms with Gasteiger partial charge in [0, 0.05) is 0 Å². The molecular formula is C14H29NO. The monoisotopic (exact) mass is 227 g/mol. The molecular weight excluding hydrogens is 198 g/mol. The molecule has 1 atom stereocenters. The maximum atomic E-state index is 9.14. The number of aliphatic hydroxyl groups excluding tert-OH is 1. The number of allylic oxidation sites excluding steroid dienone is 2. The molecule has 16 heavy (non-hydrogen) atoms. The number of rotatable bonds is 9. The average Bonchev–Trinajstić information content (AvgIpc) is 2.24. The van der Waals surface area contributed by atoms with Crippen molar-refractivity contribution in [2.24, 2.45) is 0 Å². The third-order valence-electron chi connectivity index (χ3n) is 3.02. The smallest absolute Gasteiger partial charge is 0.0515 e. The van der Waals surface area contributed by atoms with Gasteiger partial charge in [-0.2, -0.15) is 0 Å². The maximum Gasteiger partial charge on any atom is 0.0515 e. The van der Waals surface area contributed by atoms with Crippen LogP contribution in [0.3, 0.4) is 0 Å². The van der Waals surface area contributed by atoms with Crippen molar-refractivity contribution in [2.75, 3.05) is 19.6 Å². The molecule has 0 bridgehead atoms. The van der Waals surface area contributed by atoms with Crippen molar-refractivity contribution in [1.82, 2.24) is 4.90 Å². The summed E-state index contributed by atoms with van der Waals surface area (Å²) < 4.78 is 0. The lowest BCUT2D eigenvalue weighted by Crippen LogP contribution is -2.23. The van der Waals surface area contributed by atoms with Gasteiger partial charge in [-0.3, -0.25) is 0 Å². The summed E-state index contributed by atoms with van der Waals surface area (Å²) in [5.41, 5.74) is 1.47. The lowest BCUT2D eigenvalue weighted by atomic mass is 10.1. The SMILES string of the molecule is CCN(CC)CCC/C(C)=C\CCC(C)O. The predicted octanol–water partition coefficient (Wildman–Crippen LogP) is 3.22. The molecule has 2 nitrogen and oxygen atoms in total. The van der Waals surface area contributed by atoms with Crippen LogP contribution in [-0.2, 0) is 0 Å². The summed E-state index contributed by atoms with van der Waals surface area (Å²) in [7, 11) is 0. The molecule has 0 rings (SSSR count). The summed E-state index contributed by atoms with van der Waals surface area (Å²) in [6.45, 7) is 12.0. The lowest BCUT2D eigenvalue weighted by Gasteiger charge is -2.17. The van der Waals surface area contributed by atoms with Crippen LogP contribution in [0.15, 0.2) is 11.6 Å². The quantitative estimate of drug-likeness (QED) is 0.611. The molecule has 1 N–H and O–H groups in total. The van der Waals surface area contributed by atoms with E-state index < -0.39 is 0 Å². The Bertz CT molecular complexity index is 183. The summed E-state index contributed by atoms with van der Waals surface area (Å²) in [5, 5.41) is 9.14. The van der Waals surface area contributed by atoms with Crippen LogP contribution in [0, 0.1) is 0 Å². The summed E-state index contributed by atoms with van der Waals surface area (Å²) >= 11 is 0. The zero-order valence-electron chi connectivity index (χ0n) is 11.5. The van der Waals surface area contributed by atoms with Gasteiger partial charge in [-0.25, -0.2) is 0 Å². The first-order valence-electron chi connectivity index (χ1n) is 6.66. The lowest BCUT2D eigenvalue weighted by molar-refractivity contribution is 0.186. The van der Waals surface area contributed by atoms with Crippen molar-refractivity contribution >= 4 is 0 Å². The Morgan fingerprint density at radius 1 is 1.31 bits per heavy atom. The van der Waals surface area contributed by atoms with Gasteiger partial charge in [0.2, 0.25) is 0 Å². The van der Waals surface area contributed by atoms with Gasteiger partial charge in [0.15, 0.2) is 0 Å². The Hall–Kier alpha value is -0.340. The maximum absolute atomic E-state index is 9.14. The highest BCUT2D eigenvalue weighted by Crippen LogP contribution is 2.08. The first-order chi connectivity index (χ1) is 7.60. The molecule has 2 heteroatoms. The molecule has 0 fully saturated rings. The fraction of sp³-hybridized carbons (Fsp3) is 0.857. The second kappa shape index (κ2) is 9.86. The molecule has 0 aromatic heterocycles. The van der Waals surface area contributed by atoms with Crippen LogP contribution in [0.5, 0.6) is 0 Å². The summed E-state index contributed by atoms with van der Waals surface area (Å²) in [4.78, 5) is 2.46. The zero-order chi connectivity index (χ0) is 12.4. The summed E-state index contributed by atoms with van der Waals surface area (Å²) in [6.07, 6.45) is 6.44. The number of aliphatic hydroxyl groups is 1. The molecule has 0 heterocycles. The van der Waals surface area contributed by atoms with Gasteiger partial charge in [-0.15, -0.1) is 0 Å². The van der Waals surface area contributed by atoms with Gasteiger partial charge >= 0.3 is 0 Å². The summed E-state index contributed by atoms with van der Waals surface area (Å²) in [5.74, 6) is 0. The molecule has 1 unspecified atom stereocenters. The van der Waals surface area contributed by atoms with Gasteiger partial charge in [0.25, 0.3) is 0 Å². The van der Waals surface area contributed by atoms with Crippen molar-refractivity contribution in [3.05, 3.63) is 11.6 Å². The van der Waals surface area contributed by atoms with Crippen LogP contribution >= 0.6 is 0 Å². The van der Waals surface area contributed by atoms with E-state index in [2.05, 4.69) is 31.7 Å². The van der Waals surface area contributed by atoms with E-state index in [1.807, 2.05) is 6.92 Å². The molecule has 0 aliphatic rings. The van der Waals surface area contributed by atoms with Crippen molar-refractivity contribution in [3.63, 3.8) is 0 Å². The Kier molecular flexibility index (Phi) is 9.65. The van der Waals surface area contributed by atoms with E-state index in [0.717, 1.165) is 25.9 Å². The van der Waals surface area contributed by atoms with Crippen LogP contribution in [0.1, 0.15) is 53.4 Å². The molecule has 0 aromatic carbocycles. The Labute approximate surface area is 101 Å². The average molecular weight is 227 g/mol. The van der Waals surface area contributed by atoms with Crippen molar-refractivity contribution in [1.29, 1.82) is 0 Å². The molecule has 96 valence electrons. The minimum absolute atomic E-state index is 0.167. The third-order valence-corrected chi connectivity index (χ3v) is 3.02. The first-order valence-corrected chi connectivity index (χ1v) is 6.66. The Balaban J connectivity index is 3.59. The fourth-order valence-electron chi connectivity index (χ4n) is 1.79. The van der Waals surface area contributed by atoms with Gasteiger partial charge in [-0.1, -0.05) is 25.5 Å². The molecule has 0 saturated carbocycles. The van der Waals surface area contributed by atoms with Gasteiger partial charge < -0.3 is 10.0 Å². The third kappa shape index (κ3) is 8.93. The largest absolute Gasteiger partial charge is 0.393 e. The van der Waals surface area contributed by atoms with Crippen LogP contribution < -0.4 is 0 Å². The number of hydrogen-bond donors (Lipinski definition) is 1. The highest BCUT2D eigenvalue weighted by molar-refractivity contribution is 4.97. The molecule has 0 radical (unpaired) electrons. The standard InChI is InChI=1S/C14H29NO/c1-5-15(6-2)12-8-10-13(3)9-7-11-14(4)16/h9,14,16H,5-8,10-12H2,1-4H3/b13-9-. The minimum Gasteiger partial charge on any atom is -0.393 e.